The van der Waals surface area contributed by atoms with Gasteiger partial charge in [-0.05, 0) is 38.3 Å². The SMILES string of the molecule is C=CCCOC(=O)[C@@H]1[C@H]2C(=O)N([C@H](C)CO)C(C(=O)N(CC=C)c3ccccc3Cl)C23CC[C@H]1S3. The highest BCUT2D eigenvalue weighted by Crippen LogP contribution is 2.67. The second kappa shape index (κ2) is 10.4. The van der Waals surface area contributed by atoms with Gasteiger partial charge in [-0.1, -0.05) is 35.9 Å². The van der Waals surface area contributed by atoms with Gasteiger partial charge in [-0.2, -0.15) is 0 Å². The number of aliphatic hydroxyl groups excluding tert-OH is 1. The smallest absolute Gasteiger partial charge is 0.310 e. The Morgan fingerprint density at radius 3 is 2.77 bits per heavy atom. The molecule has 3 aliphatic rings. The second-order valence-corrected chi connectivity index (χ2v) is 11.3. The fraction of sp³-hybridized carbons (Fsp3) is 0.500. The van der Waals surface area contributed by atoms with Gasteiger partial charge in [0, 0.05) is 11.8 Å². The maximum atomic E-state index is 14.3. The lowest BCUT2D eigenvalue weighted by Crippen LogP contribution is -2.57. The monoisotopic (exact) mass is 518 g/mol. The third-order valence-electron chi connectivity index (χ3n) is 7.27. The van der Waals surface area contributed by atoms with Crippen molar-refractivity contribution in [3.8, 4) is 0 Å². The number of thioether (sulfide) groups is 1. The number of ether oxygens (including phenoxy) is 1. The van der Waals surface area contributed by atoms with Gasteiger partial charge in [0.2, 0.25) is 5.91 Å². The lowest BCUT2D eigenvalue weighted by molar-refractivity contribution is -0.154. The quantitative estimate of drug-likeness (QED) is 0.290. The molecule has 1 N–H and O–H groups in total. The van der Waals surface area contributed by atoms with E-state index >= 15 is 0 Å². The molecule has 0 aromatic heterocycles. The van der Waals surface area contributed by atoms with Gasteiger partial charge < -0.3 is 19.6 Å². The Morgan fingerprint density at radius 1 is 1.37 bits per heavy atom. The summed E-state index contributed by atoms with van der Waals surface area (Å²) in [7, 11) is 0. The van der Waals surface area contributed by atoms with E-state index in [9.17, 15) is 19.5 Å². The Balaban J connectivity index is 1.75. The summed E-state index contributed by atoms with van der Waals surface area (Å²) in [6, 6.07) is 5.61. The van der Waals surface area contributed by atoms with Crippen molar-refractivity contribution in [3.63, 3.8) is 0 Å². The number of fused-ring (bicyclic) bond motifs is 1. The van der Waals surface area contributed by atoms with Crippen LogP contribution in [0, 0.1) is 11.8 Å². The first-order valence-electron chi connectivity index (χ1n) is 11.9. The molecule has 0 saturated carbocycles. The molecule has 1 spiro atoms. The summed E-state index contributed by atoms with van der Waals surface area (Å²) in [5.74, 6) is -2.26. The van der Waals surface area contributed by atoms with E-state index in [0.717, 1.165) is 0 Å². The topological polar surface area (TPSA) is 87.1 Å². The molecule has 0 aliphatic carbocycles. The minimum atomic E-state index is -0.848. The largest absolute Gasteiger partial charge is 0.465 e. The Hall–Kier alpha value is -2.29. The number of aliphatic hydroxyl groups is 1. The molecule has 9 heteroatoms. The minimum Gasteiger partial charge on any atom is -0.465 e. The Kier molecular flexibility index (Phi) is 7.64. The fourth-order valence-corrected chi connectivity index (χ4v) is 8.22. The van der Waals surface area contributed by atoms with E-state index in [-0.39, 0.29) is 36.8 Å². The van der Waals surface area contributed by atoms with Crippen molar-refractivity contribution >= 4 is 46.8 Å². The average molecular weight is 519 g/mol. The van der Waals surface area contributed by atoms with Crippen LogP contribution in [0.2, 0.25) is 5.02 Å². The molecule has 3 saturated heterocycles. The molecule has 1 aromatic rings. The lowest BCUT2D eigenvalue weighted by atomic mass is 9.71. The molecule has 3 fully saturated rings. The number of carbonyl (C=O) groups excluding carboxylic acids is 3. The number of carbonyl (C=O) groups is 3. The van der Waals surface area contributed by atoms with Crippen LogP contribution in [0.25, 0.3) is 0 Å². The molecule has 1 aromatic carbocycles. The Labute approximate surface area is 215 Å². The van der Waals surface area contributed by atoms with Crippen LogP contribution in [0.5, 0.6) is 0 Å². The van der Waals surface area contributed by atoms with Crippen molar-refractivity contribution in [3.05, 3.63) is 54.6 Å². The number of likely N-dealkylation sites (tertiary alicyclic amines) is 1. The van der Waals surface area contributed by atoms with Crippen LogP contribution in [0.4, 0.5) is 5.69 Å². The number of nitrogens with zero attached hydrogens (tertiary/aromatic N) is 2. The normalized spacial score (nSPS) is 29.6. The number of halogens is 1. The number of hydrogen-bond acceptors (Lipinski definition) is 6. The Morgan fingerprint density at radius 2 is 2.11 bits per heavy atom. The minimum absolute atomic E-state index is 0.0877. The summed E-state index contributed by atoms with van der Waals surface area (Å²) in [5, 5.41) is 10.3. The van der Waals surface area contributed by atoms with Gasteiger partial charge in [0.25, 0.3) is 5.91 Å². The summed E-state index contributed by atoms with van der Waals surface area (Å²) in [4.78, 5) is 44.3. The molecule has 188 valence electrons. The maximum absolute atomic E-state index is 14.3. The van der Waals surface area contributed by atoms with Gasteiger partial charge in [-0.25, -0.2) is 0 Å². The first-order chi connectivity index (χ1) is 16.8. The number of benzene rings is 1. The molecule has 3 heterocycles. The predicted octanol–water partition coefficient (Wildman–Crippen LogP) is 3.45. The number of para-hydroxylation sites is 1. The van der Waals surface area contributed by atoms with Crippen LogP contribution >= 0.6 is 23.4 Å². The van der Waals surface area contributed by atoms with E-state index in [0.29, 0.717) is 30.0 Å². The van der Waals surface area contributed by atoms with Crippen LogP contribution in [0.15, 0.2) is 49.6 Å². The predicted molar refractivity (Wildman–Crippen MR) is 137 cm³/mol. The summed E-state index contributed by atoms with van der Waals surface area (Å²) in [6.45, 7) is 9.29. The van der Waals surface area contributed by atoms with Gasteiger partial charge in [0.15, 0.2) is 0 Å². The van der Waals surface area contributed by atoms with Crippen LogP contribution < -0.4 is 4.90 Å². The zero-order valence-corrected chi connectivity index (χ0v) is 21.3. The zero-order chi connectivity index (χ0) is 25.3. The molecule has 2 unspecified atom stereocenters. The molecule has 6 atom stereocenters. The third-order valence-corrected chi connectivity index (χ3v) is 9.54. The lowest BCUT2D eigenvalue weighted by Gasteiger charge is -2.39. The molecule has 4 rings (SSSR count). The number of esters is 1. The molecule has 0 radical (unpaired) electrons. The molecule has 35 heavy (non-hydrogen) atoms. The van der Waals surface area contributed by atoms with E-state index in [1.54, 1.807) is 60.0 Å². The first kappa shape index (κ1) is 25.8. The molecular weight excluding hydrogens is 488 g/mol. The summed E-state index contributed by atoms with van der Waals surface area (Å²) in [5.41, 5.74) is 0.529. The van der Waals surface area contributed by atoms with Crippen molar-refractivity contribution in [2.75, 3.05) is 24.7 Å². The van der Waals surface area contributed by atoms with Crippen LogP contribution in [0.3, 0.4) is 0 Å². The molecule has 2 bridgehead atoms. The summed E-state index contributed by atoms with van der Waals surface area (Å²) in [6.07, 6.45) is 5.17. The molecule has 2 amide bonds. The second-order valence-electron chi connectivity index (χ2n) is 9.27. The van der Waals surface area contributed by atoms with Crippen molar-refractivity contribution < 1.29 is 24.2 Å². The van der Waals surface area contributed by atoms with Crippen molar-refractivity contribution in [1.82, 2.24) is 4.90 Å². The maximum Gasteiger partial charge on any atom is 0.310 e. The van der Waals surface area contributed by atoms with Gasteiger partial charge in [-0.3, -0.25) is 14.4 Å². The zero-order valence-electron chi connectivity index (χ0n) is 19.8. The van der Waals surface area contributed by atoms with E-state index in [4.69, 9.17) is 16.3 Å². The van der Waals surface area contributed by atoms with E-state index < -0.39 is 34.6 Å². The van der Waals surface area contributed by atoms with E-state index in [1.807, 2.05) is 0 Å². The number of hydrogen-bond donors (Lipinski definition) is 1. The number of rotatable bonds is 10. The fourth-order valence-electron chi connectivity index (χ4n) is 5.79. The molecular formula is C26H31ClN2O5S. The highest BCUT2D eigenvalue weighted by molar-refractivity contribution is 8.02. The molecule has 3 aliphatic heterocycles. The molecule has 7 nitrogen and oxygen atoms in total. The number of amides is 2. The van der Waals surface area contributed by atoms with Gasteiger partial charge in [-0.15, -0.1) is 24.9 Å². The highest BCUT2D eigenvalue weighted by atomic mass is 35.5. The van der Waals surface area contributed by atoms with Crippen molar-refractivity contribution in [2.24, 2.45) is 11.8 Å². The summed E-state index contributed by atoms with van der Waals surface area (Å²) >= 11 is 8.01. The summed E-state index contributed by atoms with van der Waals surface area (Å²) < 4.78 is 4.72. The third kappa shape index (κ3) is 4.19. The standard InChI is InChI=1S/C26H31ClN2O5S/c1-4-6-14-34-25(33)20-19-11-12-26(35-19)21(20)23(31)29(16(3)15-30)22(26)24(32)28(13-5-2)18-10-8-7-9-17(18)27/h4-5,7-10,16,19-22,30H,1-2,6,11-15H2,3H3/t16-,19-,20+,21+,22?,26?/m1/s1. The van der Waals surface area contributed by atoms with Crippen LogP contribution in [0.1, 0.15) is 26.2 Å². The van der Waals surface area contributed by atoms with Crippen molar-refractivity contribution in [2.45, 2.75) is 48.3 Å². The number of anilines is 1. The van der Waals surface area contributed by atoms with Crippen LogP contribution in [-0.2, 0) is 19.1 Å². The van der Waals surface area contributed by atoms with Gasteiger partial charge >= 0.3 is 5.97 Å². The van der Waals surface area contributed by atoms with E-state index in [1.165, 1.54) is 4.90 Å². The first-order valence-corrected chi connectivity index (χ1v) is 13.1. The van der Waals surface area contributed by atoms with Gasteiger partial charge in [0.05, 0.1) is 46.5 Å². The van der Waals surface area contributed by atoms with E-state index in [2.05, 4.69) is 13.2 Å². The van der Waals surface area contributed by atoms with Crippen LogP contribution in [-0.4, -0.2) is 69.6 Å². The average Bonchev–Trinajstić information content (AvgIpc) is 3.49. The highest BCUT2D eigenvalue weighted by Gasteiger charge is 2.74. The Bertz CT molecular complexity index is 1030. The van der Waals surface area contributed by atoms with Gasteiger partial charge in [0.1, 0.15) is 6.04 Å². The van der Waals surface area contributed by atoms with Crippen molar-refractivity contribution in [1.29, 1.82) is 0 Å².